The van der Waals surface area contributed by atoms with Gasteiger partial charge in [0.2, 0.25) is 0 Å². The first kappa shape index (κ1) is 11.0. The molecule has 5 nitrogen and oxygen atoms in total. The van der Waals surface area contributed by atoms with Crippen LogP contribution < -0.4 is 5.32 Å². The van der Waals surface area contributed by atoms with E-state index in [1.165, 1.54) is 0 Å². The summed E-state index contributed by atoms with van der Waals surface area (Å²) in [5, 5.41) is 15.5. The minimum atomic E-state index is 0.379. The Hall–Kier alpha value is -1.46. The van der Waals surface area contributed by atoms with Crippen molar-refractivity contribution >= 4 is 11.6 Å². The van der Waals surface area contributed by atoms with Gasteiger partial charge >= 0.3 is 0 Å². The molecule has 84 valence electrons. The highest BCUT2D eigenvalue weighted by atomic mass is 35.5. The average molecular weight is 238 g/mol. The monoisotopic (exact) mass is 237 g/mol. The number of nitrogens with zero attached hydrogens (tertiary/aromatic N) is 4. The average Bonchev–Trinajstić information content (AvgIpc) is 2.63. The molecule has 0 saturated heterocycles. The number of hydrogen-bond donors (Lipinski definition) is 1. The van der Waals surface area contributed by atoms with E-state index in [1.54, 1.807) is 16.8 Å². The van der Waals surface area contributed by atoms with Gasteiger partial charge in [-0.1, -0.05) is 11.6 Å². The van der Waals surface area contributed by atoms with E-state index in [4.69, 9.17) is 11.6 Å². The number of nitrogens with one attached hydrogen (secondary N) is 1. The fourth-order valence-corrected chi connectivity index (χ4v) is 1.56. The van der Waals surface area contributed by atoms with E-state index in [0.717, 1.165) is 17.8 Å². The van der Waals surface area contributed by atoms with Crippen LogP contribution in [-0.4, -0.2) is 27.0 Å². The van der Waals surface area contributed by atoms with Gasteiger partial charge in [0.25, 0.3) is 0 Å². The van der Waals surface area contributed by atoms with Crippen LogP contribution in [0.25, 0.3) is 5.82 Å². The molecule has 2 heterocycles. The third-order valence-corrected chi connectivity index (χ3v) is 2.52. The van der Waals surface area contributed by atoms with Gasteiger partial charge in [0, 0.05) is 17.8 Å². The van der Waals surface area contributed by atoms with Crippen molar-refractivity contribution in [3.63, 3.8) is 0 Å². The molecule has 0 bridgehead atoms. The Labute approximate surface area is 98.5 Å². The summed E-state index contributed by atoms with van der Waals surface area (Å²) in [5.41, 5.74) is 2.19. The smallest absolute Gasteiger partial charge is 0.176 e. The van der Waals surface area contributed by atoms with Gasteiger partial charge in [-0.05, 0) is 26.1 Å². The lowest BCUT2D eigenvalue weighted by molar-refractivity contribution is 0.777. The third-order valence-electron chi connectivity index (χ3n) is 2.31. The van der Waals surface area contributed by atoms with Crippen molar-refractivity contribution in [2.24, 2.45) is 0 Å². The Kier molecular flexibility index (Phi) is 3.17. The van der Waals surface area contributed by atoms with Gasteiger partial charge in [-0.2, -0.15) is 5.10 Å². The molecule has 0 aliphatic rings. The van der Waals surface area contributed by atoms with Crippen molar-refractivity contribution < 1.29 is 0 Å². The molecular weight excluding hydrogens is 226 g/mol. The maximum Gasteiger partial charge on any atom is 0.176 e. The van der Waals surface area contributed by atoms with E-state index in [9.17, 15) is 0 Å². The molecule has 0 aromatic carbocycles. The Bertz CT molecular complexity index is 476. The predicted octanol–water partition coefficient (Wildman–Crippen LogP) is 1.34. The lowest BCUT2D eigenvalue weighted by atomic mass is 10.2. The van der Waals surface area contributed by atoms with E-state index in [-0.39, 0.29) is 0 Å². The molecule has 6 heteroatoms. The molecule has 2 aromatic rings. The highest BCUT2D eigenvalue weighted by Crippen LogP contribution is 2.12. The van der Waals surface area contributed by atoms with Gasteiger partial charge in [-0.3, -0.25) is 0 Å². The van der Waals surface area contributed by atoms with E-state index in [1.807, 2.05) is 20.2 Å². The van der Waals surface area contributed by atoms with Crippen LogP contribution >= 0.6 is 11.6 Å². The minimum absolute atomic E-state index is 0.379. The maximum atomic E-state index is 5.68. The van der Waals surface area contributed by atoms with Crippen LogP contribution in [0.2, 0.25) is 5.15 Å². The van der Waals surface area contributed by atoms with Crippen LogP contribution in [0.5, 0.6) is 0 Å². The van der Waals surface area contributed by atoms with Crippen molar-refractivity contribution in [3.05, 3.63) is 34.7 Å². The van der Waals surface area contributed by atoms with Gasteiger partial charge < -0.3 is 5.32 Å². The zero-order chi connectivity index (χ0) is 11.5. The zero-order valence-electron chi connectivity index (χ0n) is 9.11. The van der Waals surface area contributed by atoms with Gasteiger partial charge in [0.05, 0.1) is 6.20 Å². The van der Waals surface area contributed by atoms with Crippen molar-refractivity contribution in [1.82, 2.24) is 25.3 Å². The highest BCUT2D eigenvalue weighted by Gasteiger charge is 2.08. The standard InChI is InChI=1S/C10H12ClN5/c1-7-8(5-12-2)6-13-16(7)10-4-3-9(11)14-15-10/h3-4,6,12H,5H2,1-2H3. The van der Waals surface area contributed by atoms with E-state index in [2.05, 4.69) is 20.6 Å². The van der Waals surface area contributed by atoms with Crippen LogP contribution in [0.4, 0.5) is 0 Å². The van der Waals surface area contributed by atoms with Crippen LogP contribution in [0.1, 0.15) is 11.3 Å². The molecule has 2 aromatic heterocycles. The lowest BCUT2D eigenvalue weighted by Crippen LogP contribution is -2.07. The molecule has 2 rings (SSSR count). The van der Waals surface area contributed by atoms with Gasteiger partial charge in [-0.25, -0.2) is 4.68 Å². The summed E-state index contributed by atoms with van der Waals surface area (Å²) in [6.45, 7) is 2.78. The van der Waals surface area contributed by atoms with Crippen molar-refractivity contribution in [3.8, 4) is 5.82 Å². The fourth-order valence-electron chi connectivity index (χ4n) is 1.46. The summed E-state index contributed by atoms with van der Waals surface area (Å²) < 4.78 is 1.75. The molecule has 1 N–H and O–H groups in total. The molecule has 0 unspecified atom stereocenters. The van der Waals surface area contributed by atoms with Crippen molar-refractivity contribution in [1.29, 1.82) is 0 Å². The summed E-state index contributed by atoms with van der Waals surface area (Å²) >= 11 is 5.68. The van der Waals surface area contributed by atoms with Crippen molar-refractivity contribution in [2.75, 3.05) is 7.05 Å². The summed E-state index contributed by atoms with van der Waals surface area (Å²) in [5.74, 6) is 0.671. The molecule has 0 amide bonds. The zero-order valence-corrected chi connectivity index (χ0v) is 9.86. The molecule has 0 atom stereocenters. The first-order valence-corrected chi connectivity index (χ1v) is 5.28. The quantitative estimate of drug-likeness (QED) is 0.876. The van der Waals surface area contributed by atoms with E-state index in [0.29, 0.717) is 11.0 Å². The largest absolute Gasteiger partial charge is 0.316 e. The first-order valence-electron chi connectivity index (χ1n) is 4.90. The fraction of sp³-hybridized carbons (Fsp3) is 0.300. The molecule has 0 spiro atoms. The number of aromatic nitrogens is 4. The first-order chi connectivity index (χ1) is 7.72. The topological polar surface area (TPSA) is 55.6 Å². The molecule has 0 fully saturated rings. The van der Waals surface area contributed by atoms with Crippen LogP contribution in [0.15, 0.2) is 18.3 Å². The summed E-state index contributed by atoms with van der Waals surface area (Å²) in [7, 11) is 1.90. The van der Waals surface area contributed by atoms with Gasteiger partial charge in [0.15, 0.2) is 11.0 Å². The molecule has 0 saturated carbocycles. The van der Waals surface area contributed by atoms with Gasteiger partial charge in [-0.15, -0.1) is 10.2 Å². The SMILES string of the molecule is CNCc1cnn(-c2ccc(Cl)nn2)c1C. The maximum absolute atomic E-state index is 5.68. The Morgan fingerprint density at radius 2 is 2.19 bits per heavy atom. The van der Waals surface area contributed by atoms with Gasteiger partial charge in [0.1, 0.15) is 0 Å². The highest BCUT2D eigenvalue weighted by molar-refractivity contribution is 6.29. The summed E-state index contributed by atoms with van der Waals surface area (Å²) in [4.78, 5) is 0. The second-order valence-corrected chi connectivity index (χ2v) is 3.80. The molecular formula is C10H12ClN5. The molecule has 0 aliphatic carbocycles. The molecule has 16 heavy (non-hydrogen) atoms. The lowest BCUT2D eigenvalue weighted by Gasteiger charge is -2.03. The predicted molar refractivity (Wildman–Crippen MR) is 61.7 cm³/mol. The van der Waals surface area contributed by atoms with Crippen LogP contribution in [-0.2, 0) is 6.54 Å². The second-order valence-electron chi connectivity index (χ2n) is 3.41. The number of hydrogen-bond acceptors (Lipinski definition) is 4. The normalized spacial score (nSPS) is 10.7. The van der Waals surface area contributed by atoms with E-state index < -0.39 is 0 Å². The second kappa shape index (κ2) is 4.59. The Morgan fingerprint density at radius 1 is 1.38 bits per heavy atom. The number of rotatable bonds is 3. The van der Waals surface area contributed by atoms with E-state index >= 15 is 0 Å². The third kappa shape index (κ3) is 2.05. The Morgan fingerprint density at radius 3 is 2.81 bits per heavy atom. The minimum Gasteiger partial charge on any atom is -0.316 e. The number of halogens is 1. The van der Waals surface area contributed by atoms with Crippen LogP contribution in [0.3, 0.4) is 0 Å². The van der Waals surface area contributed by atoms with Crippen molar-refractivity contribution in [2.45, 2.75) is 13.5 Å². The Balaban J connectivity index is 2.37. The van der Waals surface area contributed by atoms with Crippen LogP contribution in [0, 0.1) is 6.92 Å². The molecule has 0 aliphatic heterocycles. The molecule has 0 radical (unpaired) electrons. The summed E-state index contributed by atoms with van der Waals surface area (Å²) in [6.07, 6.45) is 1.82. The summed E-state index contributed by atoms with van der Waals surface area (Å²) in [6, 6.07) is 3.49.